The summed E-state index contributed by atoms with van der Waals surface area (Å²) in [6.07, 6.45) is 3.08. The van der Waals surface area contributed by atoms with Gasteiger partial charge in [-0.2, -0.15) is 0 Å². The molecule has 4 nitrogen and oxygen atoms in total. The smallest absolute Gasteiger partial charge is 0.250 e. The summed E-state index contributed by atoms with van der Waals surface area (Å²) >= 11 is 0. The minimum Gasteiger partial charge on any atom is -0.339 e. The topological polar surface area (TPSA) is 49.4 Å². The highest BCUT2D eigenvalue weighted by Gasteiger charge is 2.39. The zero-order valence-corrected chi connectivity index (χ0v) is 11.7. The van der Waals surface area contributed by atoms with Crippen LogP contribution in [0.25, 0.3) is 0 Å². The first-order chi connectivity index (χ1) is 9.69. The number of benzene rings is 1. The fourth-order valence-electron chi connectivity index (χ4n) is 2.53. The van der Waals surface area contributed by atoms with Crippen molar-refractivity contribution in [2.75, 3.05) is 6.54 Å². The Morgan fingerprint density at radius 2 is 2.00 bits per heavy atom. The molecular formula is C16H20N2O2. The van der Waals surface area contributed by atoms with Crippen LogP contribution in [-0.2, 0) is 9.59 Å². The van der Waals surface area contributed by atoms with Crippen LogP contribution in [0.5, 0.6) is 0 Å². The predicted octanol–water partition coefficient (Wildman–Crippen LogP) is 2.04. The minimum absolute atomic E-state index is 0.0375. The average molecular weight is 272 g/mol. The van der Waals surface area contributed by atoms with Gasteiger partial charge >= 0.3 is 0 Å². The molecule has 1 aliphatic heterocycles. The second-order valence-corrected chi connectivity index (χ2v) is 4.89. The van der Waals surface area contributed by atoms with E-state index in [4.69, 9.17) is 0 Å². The van der Waals surface area contributed by atoms with E-state index >= 15 is 0 Å². The molecule has 0 aromatic heterocycles. The lowest BCUT2D eigenvalue weighted by molar-refractivity contribution is -0.149. The second kappa shape index (κ2) is 6.37. The molecule has 106 valence electrons. The van der Waals surface area contributed by atoms with Crippen LogP contribution in [0.4, 0.5) is 0 Å². The summed E-state index contributed by atoms with van der Waals surface area (Å²) in [5.74, 6) is -0.116. The molecule has 1 heterocycles. The molecule has 2 amide bonds. The molecule has 1 fully saturated rings. The monoisotopic (exact) mass is 272 g/mol. The molecule has 2 unspecified atom stereocenters. The van der Waals surface area contributed by atoms with E-state index in [-0.39, 0.29) is 17.9 Å². The van der Waals surface area contributed by atoms with Gasteiger partial charge in [0.25, 0.3) is 0 Å². The van der Waals surface area contributed by atoms with E-state index < -0.39 is 6.04 Å². The number of hydrogen-bond acceptors (Lipinski definition) is 2. The quantitative estimate of drug-likeness (QED) is 0.834. The lowest BCUT2D eigenvalue weighted by Crippen LogP contribution is -2.59. The molecular weight excluding hydrogens is 252 g/mol. The molecule has 1 N–H and O–H groups in total. The lowest BCUT2D eigenvalue weighted by atomic mass is 9.99. The van der Waals surface area contributed by atoms with Gasteiger partial charge in [-0.3, -0.25) is 9.59 Å². The largest absolute Gasteiger partial charge is 0.339 e. The van der Waals surface area contributed by atoms with Crippen molar-refractivity contribution in [2.24, 2.45) is 0 Å². The Hall–Kier alpha value is -2.10. The zero-order chi connectivity index (χ0) is 14.5. The van der Waals surface area contributed by atoms with Crippen molar-refractivity contribution in [1.29, 1.82) is 0 Å². The van der Waals surface area contributed by atoms with E-state index in [0.29, 0.717) is 19.4 Å². The Morgan fingerprint density at radius 1 is 1.30 bits per heavy atom. The van der Waals surface area contributed by atoms with Crippen molar-refractivity contribution in [3.8, 4) is 0 Å². The first-order valence-electron chi connectivity index (χ1n) is 6.95. The Bertz CT molecular complexity index is 498. The number of piperazine rings is 1. The number of hydrogen-bond donors (Lipinski definition) is 1. The normalized spacial score (nSPS) is 22.6. The maximum atomic E-state index is 12.6. The van der Waals surface area contributed by atoms with Gasteiger partial charge in [0.15, 0.2) is 0 Å². The van der Waals surface area contributed by atoms with Crippen molar-refractivity contribution in [1.82, 2.24) is 10.2 Å². The van der Waals surface area contributed by atoms with Gasteiger partial charge in [-0.15, -0.1) is 6.58 Å². The molecule has 4 heteroatoms. The second-order valence-electron chi connectivity index (χ2n) is 4.89. The summed E-state index contributed by atoms with van der Waals surface area (Å²) in [4.78, 5) is 26.5. The predicted molar refractivity (Wildman–Crippen MR) is 77.9 cm³/mol. The Morgan fingerprint density at radius 3 is 2.60 bits per heavy atom. The molecule has 1 aromatic rings. The van der Waals surface area contributed by atoms with Crippen LogP contribution in [0.3, 0.4) is 0 Å². The molecule has 0 bridgehead atoms. The molecule has 2 rings (SSSR count). The Balaban J connectivity index is 2.26. The summed E-state index contributed by atoms with van der Waals surface area (Å²) in [7, 11) is 0. The van der Waals surface area contributed by atoms with Crippen molar-refractivity contribution >= 4 is 11.8 Å². The first kappa shape index (κ1) is 14.3. The lowest BCUT2D eigenvalue weighted by Gasteiger charge is -2.38. The van der Waals surface area contributed by atoms with Crippen LogP contribution < -0.4 is 5.32 Å². The summed E-state index contributed by atoms with van der Waals surface area (Å²) in [6, 6.07) is 8.41. The van der Waals surface area contributed by atoms with Crippen LogP contribution in [0.15, 0.2) is 43.0 Å². The Kier molecular flexibility index (Phi) is 4.56. The molecule has 0 radical (unpaired) electrons. The molecule has 1 aliphatic rings. The van der Waals surface area contributed by atoms with Gasteiger partial charge in [-0.05, 0) is 18.4 Å². The Labute approximate surface area is 119 Å². The van der Waals surface area contributed by atoms with E-state index in [2.05, 4.69) is 11.9 Å². The number of nitrogens with zero attached hydrogens (tertiary/aromatic N) is 1. The summed E-state index contributed by atoms with van der Waals surface area (Å²) in [5, 5.41) is 2.83. The van der Waals surface area contributed by atoms with Gasteiger partial charge in [0.05, 0.1) is 0 Å². The van der Waals surface area contributed by atoms with Crippen molar-refractivity contribution in [3.05, 3.63) is 48.6 Å². The number of nitrogens with one attached hydrogen (secondary N) is 1. The number of amides is 2. The zero-order valence-electron chi connectivity index (χ0n) is 11.7. The number of rotatable bonds is 5. The van der Waals surface area contributed by atoms with E-state index in [1.54, 1.807) is 11.0 Å². The molecule has 0 saturated carbocycles. The summed E-state index contributed by atoms with van der Waals surface area (Å²) in [6.45, 7) is 6.14. The molecule has 1 aromatic carbocycles. The fourth-order valence-corrected chi connectivity index (χ4v) is 2.53. The van der Waals surface area contributed by atoms with Gasteiger partial charge in [-0.1, -0.05) is 43.3 Å². The van der Waals surface area contributed by atoms with Crippen LogP contribution >= 0.6 is 0 Å². The van der Waals surface area contributed by atoms with E-state index in [1.807, 2.05) is 37.3 Å². The highest BCUT2D eigenvalue weighted by Crippen LogP contribution is 2.23. The summed E-state index contributed by atoms with van der Waals surface area (Å²) in [5.41, 5.74) is 0.823. The van der Waals surface area contributed by atoms with Crippen LogP contribution in [0.1, 0.15) is 31.4 Å². The van der Waals surface area contributed by atoms with Crippen molar-refractivity contribution in [3.63, 3.8) is 0 Å². The molecule has 0 aliphatic carbocycles. The van der Waals surface area contributed by atoms with Gasteiger partial charge in [0.1, 0.15) is 12.1 Å². The number of carbonyl (C=O) groups excluding carboxylic acids is 2. The third-order valence-corrected chi connectivity index (χ3v) is 3.59. The minimum atomic E-state index is -0.573. The van der Waals surface area contributed by atoms with Crippen LogP contribution in [0, 0.1) is 0 Å². The molecule has 2 atom stereocenters. The summed E-state index contributed by atoms with van der Waals surface area (Å²) < 4.78 is 0. The number of carbonyl (C=O) groups is 2. The maximum Gasteiger partial charge on any atom is 0.250 e. The van der Waals surface area contributed by atoms with Crippen molar-refractivity contribution in [2.45, 2.75) is 31.8 Å². The van der Waals surface area contributed by atoms with Gasteiger partial charge in [0, 0.05) is 6.54 Å². The SMILES string of the molecule is C=CCCN1C(=O)C(c2ccccc2)NC(=O)C1CC. The van der Waals surface area contributed by atoms with Crippen molar-refractivity contribution < 1.29 is 9.59 Å². The van der Waals surface area contributed by atoms with Crippen LogP contribution in [-0.4, -0.2) is 29.3 Å². The van der Waals surface area contributed by atoms with Gasteiger partial charge in [0.2, 0.25) is 11.8 Å². The molecule has 1 saturated heterocycles. The third-order valence-electron chi connectivity index (χ3n) is 3.59. The standard InChI is InChI=1S/C16H20N2O2/c1-3-5-11-18-13(4-2)15(19)17-14(16(18)20)12-9-7-6-8-10-12/h3,6-10,13-14H,1,4-5,11H2,2H3,(H,17,19). The van der Waals surface area contributed by atoms with Gasteiger partial charge in [-0.25, -0.2) is 0 Å². The van der Waals surface area contributed by atoms with E-state index in [9.17, 15) is 9.59 Å². The van der Waals surface area contributed by atoms with E-state index in [0.717, 1.165) is 5.56 Å². The highest BCUT2D eigenvalue weighted by atomic mass is 16.2. The first-order valence-corrected chi connectivity index (χ1v) is 6.95. The van der Waals surface area contributed by atoms with E-state index in [1.165, 1.54) is 0 Å². The maximum absolute atomic E-state index is 12.6. The highest BCUT2D eigenvalue weighted by molar-refractivity contribution is 5.97. The average Bonchev–Trinajstić information content (AvgIpc) is 2.48. The fraction of sp³-hybridized carbons (Fsp3) is 0.375. The third kappa shape index (κ3) is 2.74. The van der Waals surface area contributed by atoms with Crippen LogP contribution in [0.2, 0.25) is 0 Å². The molecule has 0 spiro atoms. The van der Waals surface area contributed by atoms with Gasteiger partial charge < -0.3 is 10.2 Å². The molecule has 20 heavy (non-hydrogen) atoms.